The summed E-state index contributed by atoms with van der Waals surface area (Å²) in [6.07, 6.45) is 2.58. The van der Waals surface area contributed by atoms with Crippen LogP contribution in [-0.2, 0) is 56.0 Å². The normalized spacial score (nSPS) is 22.7. The van der Waals surface area contributed by atoms with Crippen LogP contribution < -0.4 is 59.3 Å². The molecular formula is C38H55N13O10. The lowest BCUT2D eigenvalue weighted by Crippen LogP contribution is -2.60. The average Bonchev–Trinajstić information content (AvgIpc) is 3.72. The zero-order valence-corrected chi connectivity index (χ0v) is 34.0. The molecule has 2 aromatic rings. The van der Waals surface area contributed by atoms with E-state index in [2.05, 4.69) is 57.8 Å². The number of amides is 11. The highest BCUT2D eigenvalue weighted by molar-refractivity contribution is 5.98. The molecule has 1 aromatic heterocycles. The maximum Gasteiger partial charge on any atom is 0.312 e. The molecule has 1 saturated heterocycles. The molecule has 23 nitrogen and oxygen atoms in total. The van der Waals surface area contributed by atoms with Gasteiger partial charge in [0.25, 0.3) is 0 Å². The van der Waals surface area contributed by atoms with Gasteiger partial charge in [-0.15, -0.1) is 0 Å². The number of aromatic amines is 1. The number of nitrogens with one attached hydrogen (secondary N) is 10. The summed E-state index contributed by atoms with van der Waals surface area (Å²) in [5.74, 6) is -7.09. The minimum atomic E-state index is -1.55. The topological polar surface area (TPSA) is 360 Å². The van der Waals surface area contributed by atoms with Gasteiger partial charge < -0.3 is 64.3 Å². The Hall–Kier alpha value is -7.07. The summed E-state index contributed by atoms with van der Waals surface area (Å²) in [5.41, 5.74) is 11.7. The molecule has 6 atom stereocenters. The monoisotopic (exact) mass is 853 g/mol. The van der Waals surface area contributed by atoms with Gasteiger partial charge in [-0.2, -0.15) is 0 Å². The van der Waals surface area contributed by atoms with E-state index in [1.807, 2.05) is 0 Å². The molecule has 0 radical (unpaired) electrons. The Labute approximate surface area is 351 Å². The molecule has 332 valence electrons. The van der Waals surface area contributed by atoms with E-state index in [4.69, 9.17) is 11.5 Å². The highest BCUT2D eigenvalue weighted by Crippen LogP contribution is 2.09. The Morgan fingerprint density at radius 2 is 1.44 bits per heavy atom. The van der Waals surface area contributed by atoms with Crippen LogP contribution in [0, 0.1) is 0 Å². The minimum absolute atomic E-state index is 0.0281. The van der Waals surface area contributed by atoms with Crippen LogP contribution in [0.2, 0.25) is 0 Å². The van der Waals surface area contributed by atoms with Crippen molar-refractivity contribution in [3.8, 4) is 0 Å². The lowest BCUT2D eigenvalue weighted by molar-refractivity contribution is -0.136. The number of hydrogen-bond donors (Lipinski definition) is 12. The number of carbonyl (C=O) groups is 10. The van der Waals surface area contributed by atoms with E-state index in [1.54, 1.807) is 30.3 Å². The predicted octanol–water partition coefficient (Wildman–Crippen LogP) is -4.12. The minimum Gasteiger partial charge on any atom is -0.368 e. The van der Waals surface area contributed by atoms with Crippen molar-refractivity contribution >= 4 is 59.2 Å². The second-order valence-corrected chi connectivity index (χ2v) is 14.4. The number of H-pyrrole nitrogens is 1. The van der Waals surface area contributed by atoms with Crippen LogP contribution in [0.1, 0.15) is 63.6 Å². The van der Waals surface area contributed by atoms with E-state index in [1.165, 1.54) is 26.4 Å². The van der Waals surface area contributed by atoms with Crippen molar-refractivity contribution in [1.82, 2.24) is 57.8 Å². The Bertz CT molecular complexity index is 1860. The third kappa shape index (κ3) is 17.8. The molecule has 3 rings (SSSR count). The van der Waals surface area contributed by atoms with Gasteiger partial charge in [-0.05, 0) is 44.6 Å². The SMILES string of the molecule is CC(=O)NCC(=O)NC1CC(=O)NCCCCC(C(N)=O)NC(=O)[C@H](C)NC(=O)[C@H](CCCNC(N)=O)NC(=O)C(Cc2ccccc2)NC(=O)[C@H](Cc2cnc[nH]2)NC1=O. The number of urea groups is 1. The van der Waals surface area contributed by atoms with Crippen molar-refractivity contribution in [1.29, 1.82) is 0 Å². The van der Waals surface area contributed by atoms with Crippen molar-refractivity contribution in [2.45, 2.75) is 101 Å². The summed E-state index contributed by atoms with van der Waals surface area (Å²) in [4.78, 5) is 137. The molecule has 14 N–H and O–H groups in total. The molecule has 61 heavy (non-hydrogen) atoms. The lowest BCUT2D eigenvalue weighted by atomic mass is 10.0. The van der Waals surface area contributed by atoms with Crippen molar-refractivity contribution < 1.29 is 47.9 Å². The number of rotatable bonds is 12. The predicted molar refractivity (Wildman–Crippen MR) is 216 cm³/mol. The summed E-state index contributed by atoms with van der Waals surface area (Å²) in [5, 5.41) is 22.6. The van der Waals surface area contributed by atoms with Gasteiger partial charge >= 0.3 is 6.03 Å². The van der Waals surface area contributed by atoms with E-state index >= 15 is 0 Å². The molecule has 0 spiro atoms. The Balaban J connectivity index is 2.04. The Kier molecular flexibility index (Phi) is 19.6. The molecule has 0 aliphatic carbocycles. The van der Waals surface area contributed by atoms with E-state index in [-0.39, 0.29) is 51.6 Å². The number of aromatic nitrogens is 2. The van der Waals surface area contributed by atoms with E-state index in [0.29, 0.717) is 17.7 Å². The van der Waals surface area contributed by atoms with E-state index < -0.39 is 108 Å². The van der Waals surface area contributed by atoms with Gasteiger partial charge in [0.15, 0.2) is 0 Å². The fraction of sp³-hybridized carbons (Fsp3) is 0.500. The molecule has 2 heterocycles. The molecule has 1 fully saturated rings. The maximum atomic E-state index is 14.2. The zero-order valence-electron chi connectivity index (χ0n) is 34.0. The van der Waals surface area contributed by atoms with Crippen molar-refractivity contribution in [2.75, 3.05) is 19.6 Å². The summed E-state index contributed by atoms with van der Waals surface area (Å²) in [7, 11) is 0. The lowest BCUT2D eigenvalue weighted by Gasteiger charge is -2.27. The van der Waals surface area contributed by atoms with Crippen LogP contribution >= 0.6 is 0 Å². The number of imidazole rings is 1. The first-order chi connectivity index (χ1) is 29.0. The number of primary amides is 2. The number of nitrogens with zero attached hydrogens (tertiary/aromatic N) is 1. The standard InChI is InChI=1S/C38H55N13O10/c1-21-33(56)48-25(32(39)55)11-6-7-13-42-30(53)17-29(47-31(54)19-44-22(2)52)37(60)51-28(16-24-18-41-20-45-24)36(59)50-27(15-23-9-4-3-5-10-23)35(58)49-26(34(57)46-21)12-8-14-43-38(40)61/h3-5,9-10,18,20-21,25-29H,6-8,11-17,19H2,1-2H3,(H2,39,55)(H,41,45)(H,42,53)(H,44,52)(H,46,57)(H,47,54)(H,48,56)(H,49,58)(H,50,59)(H,51,60)(H3,40,43,61)/t21-,25?,26-,27?,28-,29?/m0/s1. The van der Waals surface area contributed by atoms with Gasteiger partial charge in [0.2, 0.25) is 53.2 Å². The van der Waals surface area contributed by atoms with Gasteiger partial charge in [0.1, 0.15) is 36.3 Å². The Morgan fingerprint density at radius 3 is 2.08 bits per heavy atom. The number of nitrogens with two attached hydrogens (primary N) is 2. The fourth-order valence-electron chi connectivity index (χ4n) is 6.07. The molecule has 23 heteroatoms. The molecule has 11 amide bonds. The zero-order chi connectivity index (χ0) is 44.9. The fourth-order valence-corrected chi connectivity index (χ4v) is 6.07. The van der Waals surface area contributed by atoms with Gasteiger partial charge in [-0.3, -0.25) is 43.2 Å². The third-order valence-electron chi connectivity index (χ3n) is 9.32. The second-order valence-electron chi connectivity index (χ2n) is 14.4. The number of carbonyl (C=O) groups excluding carboxylic acids is 10. The largest absolute Gasteiger partial charge is 0.368 e. The maximum absolute atomic E-state index is 14.2. The van der Waals surface area contributed by atoms with E-state index in [0.717, 1.165) is 0 Å². The number of hydrogen-bond acceptors (Lipinski definition) is 11. The quantitative estimate of drug-likeness (QED) is 0.0911. The summed E-state index contributed by atoms with van der Waals surface area (Å²) in [6, 6.07) is -0.320. The van der Waals surface area contributed by atoms with Gasteiger partial charge in [0.05, 0.1) is 19.3 Å². The molecule has 1 aromatic carbocycles. The van der Waals surface area contributed by atoms with Crippen molar-refractivity contribution in [2.24, 2.45) is 11.5 Å². The molecular weight excluding hydrogens is 798 g/mol. The van der Waals surface area contributed by atoms with Crippen LogP contribution in [0.4, 0.5) is 4.79 Å². The highest BCUT2D eigenvalue weighted by Gasteiger charge is 2.34. The van der Waals surface area contributed by atoms with Gasteiger partial charge in [-0.1, -0.05) is 30.3 Å². The molecule has 1 aliphatic rings. The van der Waals surface area contributed by atoms with Crippen LogP contribution in [0.3, 0.4) is 0 Å². The molecule has 1 aliphatic heterocycles. The highest BCUT2D eigenvalue weighted by atomic mass is 16.2. The first kappa shape index (κ1) is 48.3. The van der Waals surface area contributed by atoms with Gasteiger partial charge in [0, 0.05) is 44.7 Å². The molecule has 0 bridgehead atoms. The smallest absolute Gasteiger partial charge is 0.312 e. The third-order valence-corrected chi connectivity index (χ3v) is 9.32. The molecule has 3 unspecified atom stereocenters. The van der Waals surface area contributed by atoms with Crippen LogP contribution in [-0.4, -0.2) is 125 Å². The van der Waals surface area contributed by atoms with E-state index in [9.17, 15) is 47.9 Å². The summed E-state index contributed by atoms with van der Waals surface area (Å²) in [6.45, 7) is 2.11. The first-order valence-corrected chi connectivity index (χ1v) is 19.7. The Morgan fingerprint density at radius 1 is 0.787 bits per heavy atom. The van der Waals surface area contributed by atoms with Crippen molar-refractivity contribution in [3.63, 3.8) is 0 Å². The number of benzene rings is 1. The van der Waals surface area contributed by atoms with Crippen LogP contribution in [0.5, 0.6) is 0 Å². The van der Waals surface area contributed by atoms with Crippen molar-refractivity contribution in [3.05, 3.63) is 54.1 Å². The van der Waals surface area contributed by atoms with Gasteiger partial charge in [-0.25, -0.2) is 9.78 Å². The van der Waals surface area contributed by atoms with Crippen LogP contribution in [0.25, 0.3) is 0 Å². The van der Waals surface area contributed by atoms with Crippen LogP contribution in [0.15, 0.2) is 42.9 Å². The summed E-state index contributed by atoms with van der Waals surface area (Å²) < 4.78 is 0. The average molecular weight is 854 g/mol. The molecule has 0 saturated carbocycles. The first-order valence-electron chi connectivity index (χ1n) is 19.7. The second kappa shape index (κ2) is 24.8. The summed E-state index contributed by atoms with van der Waals surface area (Å²) >= 11 is 0.